The fourth-order valence-electron chi connectivity index (χ4n) is 1.91. The number of aliphatic carboxylic acids is 1. The van der Waals surface area contributed by atoms with E-state index in [4.69, 9.17) is 0 Å². The van der Waals surface area contributed by atoms with Crippen molar-refractivity contribution < 1.29 is 9.90 Å². The molecule has 0 bridgehead atoms. The van der Waals surface area contributed by atoms with E-state index >= 15 is 0 Å². The number of allylic oxidation sites excluding steroid dienone is 1. The van der Waals surface area contributed by atoms with Crippen LogP contribution >= 0.6 is 15.9 Å². The van der Waals surface area contributed by atoms with Crippen LogP contribution in [0, 0.1) is 10.8 Å². The van der Waals surface area contributed by atoms with Crippen molar-refractivity contribution >= 4 is 21.9 Å². The number of carboxylic acid groups (broad SMARTS) is 1. The highest BCUT2D eigenvalue weighted by atomic mass is 79.9. The first kappa shape index (κ1) is 10.8. The number of rotatable bonds is 1. The van der Waals surface area contributed by atoms with Crippen molar-refractivity contribution in [2.75, 3.05) is 0 Å². The summed E-state index contributed by atoms with van der Waals surface area (Å²) in [5, 5.41) is 11.0. The minimum atomic E-state index is -0.943. The molecule has 1 aliphatic carbocycles. The first-order valence-corrected chi connectivity index (χ1v) is 5.29. The lowest BCUT2D eigenvalue weighted by Crippen LogP contribution is -2.46. The molecule has 0 aromatic heterocycles. The molecule has 1 rings (SSSR count). The predicted octanol–water partition coefficient (Wildman–Crippen LogP) is 1.84. The molecular weight excluding hydrogens is 232 g/mol. The van der Waals surface area contributed by atoms with Gasteiger partial charge in [0.2, 0.25) is 0 Å². The van der Waals surface area contributed by atoms with Crippen LogP contribution in [-0.2, 0) is 4.79 Å². The van der Waals surface area contributed by atoms with Gasteiger partial charge in [-0.05, 0) is 23.2 Å². The summed E-state index contributed by atoms with van der Waals surface area (Å²) in [4.78, 5) is 12.9. The maximum atomic E-state index is 11.0. The summed E-state index contributed by atoms with van der Waals surface area (Å²) < 4.78 is 0. The van der Waals surface area contributed by atoms with E-state index in [2.05, 4.69) is 15.9 Å². The molecule has 0 aliphatic heterocycles. The smallest absolute Gasteiger partial charge is 0.0482 e. The number of hydrogen-bond acceptors (Lipinski definition) is 2. The predicted molar refractivity (Wildman–Crippen MR) is 53.1 cm³/mol. The molecule has 0 aromatic carbocycles. The summed E-state index contributed by atoms with van der Waals surface area (Å²) in [6.45, 7) is 5.69. The van der Waals surface area contributed by atoms with E-state index in [1.54, 1.807) is 6.92 Å². The molecule has 1 atom stereocenters. The third-order valence-corrected chi connectivity index (χ3v) is 4.21. The Bertz CT molecular complexity index is 268. The largest absolute Gasteiger partial charge is 0.550 e. The lowest BCUT2D eigenvalue weighted by molar-refractivity contribution is -0.322. The molecule has 1 saturated carbocycles. The van der Waals surface area contributed by atoms with Crippen molar-refractivity contribution in [3.63, 3.8) is 0 Å². The van der Waals surface area contributed by atoms with Crippen molar-refractivity contribution in [3.05, 3.63) is 10.6 Å². The standard InChI is InChI=1S/C10H15BrO2/c1-9(2)7(6-11)4-5-10(9,3)8(12)13/h6H,4-5H2,1-3H3,(H,12,13)/p-1/b7-6+/t10-/m1/s1. The number of halogens is 1. The van der Waals surface area contributed by atoms with Gasteiger partial charge >= 0.3 is 0 Å². The molecule has 1 aliphatic rings. The van der Waals surface area contributed by atoms with Crippen LogP contribution in [-0.4, -0.2) is 5.97 Å². The average molecular weight is 246 g/mol. The van der Waals surface area contributed by atoms with Gasteiger partial charge in [0.15, 0.2) is 0 Å². The Labute approximate surface area is 87.2 Å². The van der Waals surface area contributed by atoms with Gasteiger partial charge in [-0.25, -0.2) is 0 Å². The summed E-state index contributed by atoms with van der Waals surface area (Å²) >= 11 is 3.28. The van der Waals surface area contributed by atoms with Gasteiger partial charge < -0.3 is 9.90 Å². The third kappa shape index (κ3) is 1.33. The highest BCUT2D eigenvalue weighted by Gasteiger charge is 2.49. The molecule has 1 fully saturated rings. The number of carboxylic acids is 1. The molecule has 74 valence electrons. The second-order valence-electron chi connectivity index (χ2n) is 4.38. The zero-order chi connectivity index (χ0) is 10.3. The molecular formula is C10H14BrO2-. The quantitative estimate of drug-likeness (QED) is 0.708. The lowest BCUT2D eigenvalue weighted by Gasteiger charge is -2.39. The van der Waals surface area contributed by atoms with Crippen LogP contribution in [0.5, 0.6) is 0 Å². The van der Waals surface area contributed by atoms with Gasteiger partial charge in [0.1, 0.15) is 0 Å². The van der Waals surface area contributed by atoms with Gasteiger partial charge in [0.25, 0.3) is 0 Å². The topological polar surface area (TPSA) is 40.1 Å². The molecule has 0 heterocycles. The number of carbonyl (C=O) groups excluding carboxylic acids is 1. The molecule has 0 unspecified atom stereocenters. The fraction of sp³-hybridized carbons (Fsp3) is 0.700. The third-order valence-electron chi connectivity index (χ3n) is 3.66. The van der Waals surface area contributed by atoms with Crippen molar-refractivity contribution in [2.45, 2.75) is 33.6 Å². The van der Waals surface area contributed by atoms with Crippen LogP contribution in [0.15, 0.2) is 10.6 Å². The molecule has 13 heavy (non-hydrogen) atoms. The second kappa shape index (κ2) is 3.12. The van der Waals surface area contributed by atoms with Crippen molar-refractivity contribution in [1.82, 2.24) is 0 Å². The zero-order valence-corrected chi connectivity index (χ0v) is 9.77. The van der Waals surface area contributed by atoms with Crippen LogP contribution in [0.1, 0.15) is 33.6 Å². The van der Waals surface area contributed by atoms with E-state index < -0.39 is 11.4 Å². The Balaban J connectivity index is 3.14. The van der Waals surface area contributed by atoms with Crippen LogP contribution in [0.25, 0.3) is 0 Å². The minimum absolute atomic E-state index is 0.310. The first-order valence-electron chi connectivity index (χ1n) is 4.37. The summed E-state index contributed by atoms with van der Waals surface area (Å²) in [6.07, 6.45) is 1.50. The minimum Gasteiger partial charge on any atom is -0.550 e. The van der Waals surface area contributed by atoms with Crippen LogP contribution in [0.2, 0.25) is 0 Å². The normalized spacial score (nSPS) is 35.2. The fourth-order valence-corrected chi connectivity index (χ4v) is 2.71. The molecule has 2 nitrogen and oxygen atoms in total. The Hall–Kier alpha value is -0.310. The Kier molecular flexibility index (Phi) is 2.59. The van der Waals surface area contributed by atoms with Crippen LogP contribution < -0.4 is 5.11 Å². The molecule has 0 amide bonds. The van der Waals surface area contributed by atoms with Gasteiger partial charge in [0.05, 0.1) is 0 Å². The highest BCUT2D eigenvalue weighted by molar-refractivity contribution is 9.11. The Morgan fingerprint density at radius 2 is 2.08 bits per heavy atom. The monoisotopic (exact) mass is 245 g/mol. The molecule has 0 saturated heterocycles. The Morgan fingerprint density at radius 1 is 1.54 bits per heavy atom. The summed E-state index contributed by atoms with van der Waals surface area (Å²) in [7, 11) is 0. The highest BCUT2D eigenvalue weighted by Crippen LogP contribution is 2.55. The van der Waals surface area contributed by atoms with Gasteiger partial charge in [-0.1, -0.05) is 42.3 Å². The number of carbonyl (C=O) groups is 1. The SMILES string of the molecule is CC1(C)/C(=C/Br)CC[C@]1(C)C(=O)[O-]. The lowest BCUT2D eigenvalue weighted by atomic mass is 9.68. The van der Waals surface area contributed by atoms with Crippen molar-refractivity contribution in [2.24, 2.45) is 10.8 Å². The number of hydrogen-bond donors (Lipinski definition) is 0. The van der Waals surface area contributed by atoms with Crippen molar-refractivity contribution in [3.8, 4) is 0 Å². The van der Waals surface area contributed by atoms with E-state index in [1.807, 2.05) is 18.8 Å². The summed E-state index contributed by atoms with van der Waals surface area (Å²) in [5.41, 5.74) is 0.112. The maximum absolute atomic E-state index is 11.0. The van der Waals surface area contributed by atoms with E-state index in [1.165, 1.54) is 0 Å². The van der Waals surface area contributed by atoms with E-state index in [-0.39, 0.29) is 5.41 Å². The van der Waals surface area contributed by atoms with E-state index in [0.717, 1.165) is 12.0 Å². The van der Waals surface area contributed by atoms with Crippen LogP contribution in [0.3, 0.4) is 0 Å². The maximum Gasteiger partial charge on any atom is 0.0482 e. The van der Waals surface area contributed by atoms with Gasteiger partial charge in [0, 0.05) is 11.4 Å². The summed E-state index contributed by atoms with van der Waals surface area (Å²) in [6, 6.07) is 0. The van der Waals surface area contributed by atoms with Crippen LogP contribution in [0.4, 0.5) is 0 Å². The van der Waals surface area contributed by atoms with E-state index in [0.29, 0.717) is 6.42 Å². The van der Waals surface area contributed by atoms with Gasteiger partial charge in [-0.3, -0.25) is 0 Å². The van der Waals surface area contributed by atoms with E-state index in [9.17, 15) is 9.90 Å². The Morgan fingerprint density at radius 3 is 2.31 bits per heavy atom. The van der Waals surface area contributed by atoms with Gasteiger partial charge in [-0.15, -0.1) is 0 Å². The van der Waals surface area contributed by atoms with Gasteiger partial charge in [-0.2, -0.15) is 0 Å². The van der Waals surface area contributed by atoms with Crippen molar-refractivity contribution in [1.29, 1.82) is 0 Å². The summed E-state index contributed by atoms with van der Waals surface area (Å²) in [5.74, 6) is -0.943. The molecule has 3 heteroatoms. The molecule has 0 spiro atoms. The molecule has 0 radical (unpaired) electrons. The second-order valence-corrected chi connectivity index (χ2v) is 4.84. The zero-order valence-electron chi connectivity index (χ0n) is 8.19. The average Bonchev–Trinajstić information content (AvgIpc) is 2.25. The molecule has 0 aromatic rings. The molecule has 0 N–H and O–H groups in total. The first-order chi connectivity index (χ1) is 5.86.